The van der Waals surface area contributed by atoms with Gasteiger partial charge in [0.15, 0.2) is 11.5 Å². The van der Waals surface area contributed by atoms with Gasteiger partial charge in [-0.05, 0) is 43.7 Å². The standard InChI is InChI=1S/C20H22N2O5/c1-3-25-18(23)20(2,22-19(24)21-15-7-5-4-6-8-15)12-14-9-10-16-17(11-14)27-13-26-16/h4-11H,3,12-13H2,1-2H3,(H2,21,22,24). The van der Waals surface area contributed by atoms with Crippen molar-refractivity contribution in [3.05, 3.63) is 54.1 Å². The van der Waals surface area contributed by atoms with Crippen LogP contribution in [-0.4, -0.2) is 30.9 Å². The van der Waals surface area contributed by atoms with Crippen molar-refractivity contribution in [3.8, 4) is 11.5 Å². The summed E-state index contributed by atoms with van der Waals surface area (Å²) in [6.07, 6.45) is 0.241. The van der Waals surface area contributed by atoms with E-state index in [1.54, 1.807) is 38.1 Å². The van der Waals surface area contributed by atoms with Crippen molar-refractivity contribution in [2.24, 2.45) is 0 Å². The first kappa shape index (κ1) is 18.6. The Morgan fingerprint density at radius 1 is 1.11 bits per heavy atom. The minimum absolute atomic E-state index is 0.172. The summed E-state index contributed by atoms with van der Waals surface area (Å²) in [5, 5.41) is 5.47. The van der Waals surface area contributed by atoms with E-state index in [0.717, 1.165) is 5.56 Å². The molecule has 7 nitrogen and oxygen atoms in total. The first-order chi connectivity index (χ1) is 13.0. The number of hydrogen-bond donors (Lipinski definition) is 2. The number of esters is 1. The van der Waals surface area contributed by atoms with Crippen molar-refractivity contribution in [1.82, 2.24) is 5.32 Å². The van der Waals surface area contributed by atoms with Gasteiger partial charge in [-0.1, -0.05) is 24.3 Å². The predicted octanol–water partition coefficient (Wildman–Crippen LogP) is 3.10. The second kappa shape index (κ2) is 7.99. The molecule has 27 heavy (non-hydrogen) atoms. The van der Waals surface area contributed by atoms with Gasteiger partial charge in [0.25, 0.3) is 0 Å². The van der Waals surface area contributed by atoms with E-state index in [4.69, 9.17) is 14.2 Å². The largest absolute Gasteiger partial charge is 0.464 e. The zero-order valence-electron chi connectivity index (χ0n) is 15.3. The molecular weight excluding hydrogens is 348 g/mol. The third-order valence-corrected chi connectivity index (χ3v) is 4.14. The summed E-state index contributed by atoms with van der Waals surface area (Å²) in [6, 6.07) is 13.9. The van der Waals surface area contributed by atoms with Crippen LogP contribution in [0.4, 0.5) is 10.5 Å². The molecule has 0 aliphatic carbocycles. The molecule has 1 atom stereocenters. The number of carbonyl (C=O) groups excluding carboxylic acids is 2. The highest BCUT2D eigenvalue weighted by molar-refractivity contribution is 5.94. The highest BCUT2D eigenvalue weighted by Gasteiger charge is 2.37. The summed E-state index contributed by atoms with van der Waals surface area (Å²) in [4.78, 5) is 25.0. The molecule has 1 aliphatic heterocycles. The molecule has 0 aromatic heterocycles. The van der Waals surface area contributed by atoms with Gasteiger partial charge in [0.1, 0.15) is 5.54 Å². The number of benzene rings is 2. The smallest absolute Gasteiger partial charge is 0.331 e. The van der Waals surface area contributed by atoms with Gasteiger partial charge in [-0.2, -0.15) is 0 Å². The Balaban J connectivity index is 1.76. The van der Waals surface area contributed by atoms with Gasteiger partial charge in [-0.15, -0.1) is 0 Å². The quantitative estimate of drug-likeness (QED) is 0.763. The van der Waals surface area contributed by atoms with Gasteiger partial charge in [0.2, 0.25) is 6.79 Å². The van der Waals surface area contributed by atoms with E-state index in [9.17, 15) is 9.59 Å². The summed E-state index contributed by atoms with van der Waals surface area (Å²) in [5.41, 5.74) is 0.196. The van der Waals surface area contributed by atoms with Crippen molar-refractivity contribution in [3.63, 3.8) is 0 Å². The number of fused-ring (bicyclic) bond motifs is 1. The van der Waals surface area contributed by atoms with Gasteiger partial charge in [-0.25, -0.2) is 9.59 Å². The molecule has 2 N–H and O–H groups in total. The number of anilines is 1. The maximum absolute atomic E-state index is 12.6. The summed E-state index contributed by atoms with van der Waals surface area (Å²) >= 11 is 0. The van der Waals surface area contributed by atoms with E-state index in [1.165, 1.54) is 0 Å². The van der Waals surface area contributed by atoms with E-state index in [-0.39, 0.29) is 19.8 Å². The van der Waals surface area contributed by atoms with Crippen LogP contribution in [0.1, 0.15) is 19.4 Å². The molecule has 142 valence electrons. The number of urea groups is 1. The number of carbonyl (C=O) groups is 2. The SMILES string of the molecule is CCOC(=O)C(C)(Cc1ccc2c(c1)OCO2)NC(=O)Nc1ccccc1. The molecule has 1 heterocycles. The Hall–Kier alpha value is -3.22. The topological polar surface area (TPSA) is 85.9 Å². The van der Waals surface area contributed by atoms with Gasteiger partial charge >= 0.3 is 12.0 Å². The molecule has 0 spiro atoms. The molecule has 2 aromatic rings. The molecular formula is C20H22N2O5. The van der Waals surface area contributed by atoms with Crippen molar-refractivity contribution in [1.29, 1.82) is 0 Å². The number of nitrogens with one attached hydrogen (secondary N) is 2. The summed E-state index contributed by atoms with van der Waals surface area (Å²) in [5.74, 6) is 0.768. The lowest BCUT2D eigenvalue weighted by Crippen LogP contribution is -2.55. The van der Waals surface area contributed by atoms with E-state index < -0.39 is 17.5 Å². The fraction of sp³-hybridized carbons (Fsp3) is 0.300. The molecule has 0 radical (unpaired) electrons. The Kier molecular flexibility index (Phi) is 5.49. The molecule has 1 unspecified atom stereocenters. The molecule has 0 saturated heterocycles. The van der Waals surface area contributed by atoms with E-state index in [2.05, 4.69) is 10.6 Å². The van der Waals surface area contributed by atoms with Crippen LogP contribution < -0.4 is 20.1 Å². The lowest BCUT2D eigenvalue weighted by molar-refractivity contribution is -0.150. The van der Waals surface area contributed by atoms with Crippen LogP contribution in [0.3, 0.4) is 0 Å². The minimum atomic E-state index is -1.25. The normalized spacial score (nSPS) is 14.1. The van der Waals surface area contributed by atoms with Crippen LogP contribution in [0.25, 0.3) is 0 Å². The molecule has 0 bridgehead atoms. The lowest BCUT2D eigenvalue weighted by atomic mass is 9.92. The Bertz CT molecular complexity index is 824. The van der Waals surface area contributed by atoms with Crippen LogP contribution in [-0.2, 0) is 16.0 Å². The molecule has 0 fully saturated rings. The maximum Gasteiger partial charge on any atom is 0.331 e. The fourth-order valence-electron chi connectivity index (χ4n) is 2.85. The summed E-state index contributed by atoms with van der Waals surface area (Å²) in [7, 11) is 0. The lowest BCUT2D eigenvalue weighted by Gasteiger charge is -2.28. The van der Waals surface area contributed by atoms with Gasteiger partial charge in [0, 0.05) is 12.1 Å². The Labute approximate surface area is 157 Å². The van der Waals surface area contributed by atoms with Crippen LogP contribution in [0, 0.1) is 0 Å². The average Bonchev–Trinajstić information content (AvgIpc) is 3.10. The predicted molar refractivity (Wildman–Crippen MR) is 99.9 cm³/mol. The summed E-state index contributed by atoms with van der Waals surface area (Å²) < 4.78 is 15.9. The first-order valence-electron chi connectivity index (χ1n) is 8.70. The van der Waals surface area contributed by atoms with Crippen LogP contribution >= 0.6 is 0 Å². The third-order valence-electron chi connectivity index (χ3n) is 4.14. The van der Waals surface area contributed by atoms with Gasteiger partial charge in [0.05, 0.1) is 6.61 Å². The van der Waals surface area contributed by atoms with Crippen molar-refractivity contribution in [2.45, 2.75) is 25.8 Å². The minimum Gasteiger partial charge on any atom is -0.464 e. The van der Waals surface area contributed by atoms with E-state index in [0.29, 0.717) is 17.2 Å². The van der Waals surface area contributed by atoms with Crippen LogP contribution in [0.2, 0.25) is 0 Å². The van der Waals surface area contributed by atoms with Crippen LogP contribution in [0.5, 0.6) is 11.5 Å². The highest BCUT2D eigenvalue weighted by Crippen LogP contribution is 2.33. The Morgan fingerprint density at radius 2 is 1.85 bits per heavy atom. The molecule has 7 heteroatoms. The number of rotatable bonds is 6. The molecule has 3 rings (SSSR count). The maximum atomic E-state index is 12.6. The average molecular weight is 370 g/mol. The first-order valence-corrected chi connectivity index (χ1v) is 8.70. The molecule has 0 saturated carbocycles. The van der Waals surface area contributed by atoms with Crippen LogP contribution in [0.15, 0.2) is 48.5 Å². The van der Waals surface area contributed by atoms with Crippen molar-refractivity contribution < 1.29 is 23.8 Å². The monoisotopic (exact) mass is 370 g/mol. The number of para-hydroxylation sites is 1. The second-order valence-electron chi connectivity index (χ2n) is 6.36. The second-order valence-corrected chi connectivity index (χ2v) is 6.36. The molecule has 2 aromatic carbocycles. The highest BCUT2D eigenvalue weighted by atomic mass is 16.7. The number of hydrogen-bond acceptors (Lipinski definition) is 5. The van der Waals surface area contributed by atoms with E-state index >= 15 is 0 Å². The molecule has 1 aliphatic rings. The summed E-state index contributed by atoms with van der Waals surface area (Å²) in [6.45, 7) is 3.76. The van der Waals surface area contributed by atoms with Gasteiger partial charge < -0.3 is 24.8 Å². The molecule has 2 amide bonds. The van der Waals surface area contributed by atoms with Crippen molar-refractivity contribution >= 4 is 17.7 Å². The van der Waals surface area contributed by atoms with E-state index in [1.807, 2.05) is 24.3 Å². The fourth-order valence-corrected chi connectivity index (χ4v) is 2.85. The third kappa shape index (κ3) is 4.49. The Morgan fingerprint density at radius 3 is 2.59 bits per heavy atom. The number of amides is 2. The van der Waals surface area contributed by atoms with Gasteiger partial charge in [-0.3, -0.25) is 0 Å². The number of ether oxygens (including phenoxy) is 3. The van der Waals surface area contributed by atoms with Crippen molar-refractivity contribution in [2.75, 3.05) is 18.7 Å². The zero-order chi connectivity index (χ0) is 19.3. The zero-order valence-corrected chi connectivity index (χ0v) is 15.3.